The Morgan fingerprint density at radius 1 is 1.35 bits per heavy atom. The highest BCUT2D eigenvalue weighted by Crippen LogP contribution is 2.35. The molecule has 0 spiro atoms. The predicted octanol–water partition coefficient (Wildman–Crippen LogP) is 2.48. The summed E-state index contributed by atoms with van der Waals surface area (Å²) >= 11 is 0. The highest BCUT2D eigenvalue weighted by Gasteiger charge is 2.37. The van der Waals surface area contributed by atoms with Crippen molar-refractivity contribution in [2.75, 3.05) is 19.0 Å². The molecule has 1 aromatic heterocycles. The zero-order chi connectivity index (χ0) is 12.5. The molecule has 1 saturated carbocycles. The third-order valence-corrected chi connectivity index (χ3v) is 3.16. The van der Waals surface area contributed by atoms with Gasteiger partial charge in [0.1, 0.15) is 0 Å². The van der Waals surface area contributed by atoms with Crippen molar-refractivity contribution >= 4 is 5.82 Å². The molecule has 17 heavy (non-hydrogen) atoms. The Labute approximate surface area is 97.0 Å². The summed E-state index contributed by atoms with van der Waals surface area (Å²) in [5, 5.41) is 2.66. The minimum atomic E-state index is -1.31. The second kappa shape index (κ2) is 4.52. The number of nitrogens with zero attached hydrogens (tertiary/aromatic N) is 1. The summed E-state index contributed by atoms with van der Waals surface area (Å²) in [4.78, 5) is 3.18. The van der Waals surface area contributed by atoms with E-state index in [1.54, 1.807) is 7.11 Å². The molecule has 1 heterocycles. The van der Waals surface area contributed by atoms with E-state index >= 15 is 0 Å². The molecule has 3 nitrogen and oxygen atoms in total. The molecule has 0 atom stereocenters. The van der Waals surface area contributed by atoms with Crippen molar-refractivity contribution in [1.82, 2.24) is 4.98 Å². The van der Waals surface area contributed by atoms with Crippen molar-refractivity contribution in [3.63, 3.8) is 0 Å². The van der Waals surface area contributed by atoms with Crippen molar-refractivity contribution in [2.24, 2.45) is 0 Å². The van der Waals surface area contributed by atoms with Crippen molar-refractivity contribution in [3.05, 3.63) is 23.6 Å². The number of methoxy groups -OCH3 is 1. The largest absolute Gasteiger partial charge is 0.376 e. The summed E-state index contributed by atoms with van der Waals surface area (Å²) in [6.07, 6.45) is 2.77. The number of halogens is 3. The van der Waals surface area contributed by atoms with E-state index in [9.17, 15) is 13.2 Å². The van der Waals surface area contributed by atoms with E-state index in [4.69, 9.17) is 4.74 Å². The van der Waals surface area contributed by atoms with Crippen molar-refractivity contribution < 1.29 is 17.9 Å². The lowest BCUT2D eigenvalue weighted by molar-refractivity contribution is -0.0602. The fraction of sp³-hybridized carbons (Fsp3) is 0.545. The van der Waals surface area contributed by atoms with Gasteiger partial charge in [-0.25, -0.2) is 8.78 Å². The second-order valence-electron chi connectivity index (χ2n) is 4.19. The number of hydrogen-bond acceptors (Lipinski definition) is 3. The van der Waals surface area contributed by atoms with Crippen LogP contribution in [0.4, 0.5) is 19.0 Å². The van der Waals surface area contributed by atoms with Gasteiger partial charge in [-0.05, 0) is 19.3 Å². The number of aromatic nitrogens is 1. The molecule has 1 aliphatic rings. The molecule has 6 heteroatoms. The minimum Gasteiger partial charge on any atom is -0.376 e. The van der Waals surface area contributed by atoms with Gasteiger partial charge in [-0.3, -0.25) is 0 Å². The van der Waals surface area contributed by atoms with Crippen LogP contribution < -0.4 is 5.32 Å². The van der Waals surface area contributed by atoms with Crippen LogP contribution in [0.1, 0.15) is 19.3 Å². The highest BCUT2D eigenvalue weighted by atomic mass is 19.2. The van der Waals surface area contributed by atoms with Crippen LogP contribution in [0, 0.1) is 17.6 Å². The number of rotatable bonds is 4. The lowest BCUT2D eigenvalue weighted by Gasteiger charge is -2.40. The van der Waals surface area contributed by atoms with E-state index in [2.05, 4.69) is 10.3 Å². The SMILES string of the molecule is COC1(CNc2nc(F)c(F)cc2F)CCC1. The number of pyridine rings is 1. The average Bonchev–Trinajstić information content (AvgIpc) is 2.24. The van der Waals surface area contributed by atoms with Crippen molar-refractivity contribution in [1.29, 1.82) is 0 Å². The summed E-state index contributed by atoms with van der Waals surface area (Å²) in [6.45, 7) is 0.332. The summed E-state index contributed by atoms with van der Waals surface area (Å²) < 4.78 is 44.0. The molecular weight excluding hydrogens is 233 g/mol. The van der Waals surface area contributed by atoms with Gasteiger partial charge in [0.25, 0.3) is 5.95 Å². The van der Waals surface area contributed by atoms with Gasteiger partial charge in [0.2, 0.25) is 0 Å². The molecule has 94 valence electrons. The summed E-state index contributed by atoms with van der Waals surface area (Å²) in [5.41, 5.74) is -0.334. The standard InChI is InChI=1S/C11H13F3N2O/c1-17-11(3-2-4-11)6-15-10-8(13)5-7(12)9(14)16-10/h5H,2-4,6H2,1H3,(H,15,16). The normalized spacial score (nSPS) is 17.6. The highest BCUT2D eigenvalue weighted by molar-refractivity contribution is 5.36. The average molecular weight is 246 g/mol. The molecule has 0 saturated heterocycles. The van der Waals surface area contributed by atoms with Gasteiger partial charge in [0.15, 0.2) is 17.5 Å². The number of hydrogen-bond donors (Lipinski definition) is 1. The Morgan fingerprint density at radius 3 is 2.59 bits per heavy atom. The molecule has 0 amide bonds. The topological polar surface area (TPSA) is 34.1 Å². The van der Waals surface area contributed by atoms with E-state index in [-0.39, 0.29) is 11.4 Å². The quantitative estimate of drug-likeness (QED) is 0.829. The third kappa shape index (κ3) is 2.36. The lowest BCUT2D eigenvalue weighted by atomic mass is 9.80. The fourth-order valence-electron chi connectivity index (χ4n) is 1.84. The van der Waals surface area contributed by atoms with Crippen LogP contribution in [-0.4, -0.2) is 24.2 Å². The van der Waals surface area contributed by atoms with Crippen LogP contribution in [0.3, 0.4) is 0 Å². The Bertz CT molecular complexity index is 416. The predicted molar refractivity (Wildman–Crippen MR) is 56.2 cm³/mol. The van der Waals surface area contributed by atoms with E-state index in [0.29, 0.717) is 12.6 Å². The Hall–Kier alpha value is -1.30. The minimum absolute atomic E-state index is 0.285. The second-order valence-corrected chi connectivity index (χ2v) is 4.19. The van der Waals surface area contributed by atoms with Crippen LogP contribution in [0.25, 0.3) is 0 Å². The van der Waals surface area contributed by atoms with Crippen molar-refractivity contribution in [3.8, 4) is 0 Å². The smallest absolute Gasteiger partial charge is 0.251 e. The van der Waals surface area contributed by atoms with Gasteiger partial charge in [-0.15, -0.1) is 0 Å². The van der Waals surface area contributed by atoms with E-state index in [1.807, 2.05) is 0 Å². The molecule has 0 unspecified atom stereocenters. The van der Waals surface area contributed by atoms with Crippen LogP contribution in [0.5, 0.6) is 0 Å². The van der Waals surface area contributed by atoms with Crippen LogP contribution in [-0.2, 0) is 4.74 Å². The maximum Gasteiger partial charge on any atom is 0.251 e. The molecule has 1 aromatic rings. The number of anilines is 1. The number of ether oxygens (including phenoxy) is 1. The van der Waals surface area contributed by atoms with Gasteiger partial charge in [0, 0.05) is 19.7 Å². The third-order valence-electron chi connectivity index (χ3n) is 3.16. The van der Waals surface area contributed by atoms with Gasteiger partial charge < -0.3 is 10.1 Å². The van der Waals surface area contributed by atoms with E-state index in [1.165, 1.54) is 0 Å². The van der Waals surface area contributed by atoms with Crippen molar-refractivity contribution in [2.45, 2.75) is 24.9 Å². The first kappa shape index (κ1) is 12.2. The summed E-state index contributed by atoms with van der Waals surface area (Å²) in [6, 6.07) is 0.477. The summed E-state index contributed by atoms with van der Waals surface area (Å²) in [7, 11) is 1.58. The van der Waals surface area contributed by atoms with Crippen LogP contribution in [0.2, 0.25) is 0 Å². The lowest BCUT2D eigenvalue weighted by Crippen LogP contribution is -2.45. The first-order valence-corrected chi connectivity index (χ1v) is 5.37. The molecule has 0 bridgehead atoms. The van der Waals surface area contributed by atoms with Crippen LogP contribution >= 0.6 is 0 Å². The van der Waals surface area contributed by atoms with E-state index < -0.39 is 17.6 Å². The van der Waals surface area contributed by atoms with Gasteiger partial charge in [-0.2, -0.15) is 9.37 Å². The zero-order valence-electron chi connectivity index (χ0n) is 9.40. The van der Waals surface area contributed by atoms with Gasteiger partial charge >= 0.3 is 0 Å². The molecule has 2 rings (SSSR count). The Balaban J connectivity index is 2.06. The molecule has 1 N–H and O–H groups in total. The Kier molecular flexibility index (Phi) is 3.24. The first-order valence-electron chi connectivity index (χ1n) is 5.37. The molecule has 1 aliphatic carbocycles. The Morgan fingerprint density at radius 2 is 2.06 bits per heavy atom. The zero-order valence-corrected chi connectivity index (χ0v) is 9.40. The molecule has 0 aliphatic heterocycles. The molecule has 0 radical (unpaired) electrons. The van der Waals surface area contributed by atoms with Gasteiger partial charge in [0.05, 0.1) is 5.60 Å². The molecule has 1 fully saturated rings. The maximum absolute atomic E-state index is 13.3. The van der Waals surface area contributed by atoms with Gasteiger partial charge in [-0.1, -0.05) is 0 Å². The molecular formula is C11H13F3N2O. The monoisotopic (exact) mass is 246 g/mol. The van der Waals surface area contributed by atoms with E-state index in [0.717, 1.165) is 19.3 Å². The first-order chi connectivity index (χ1) is 8.06. The number of nitrogens with one attached hydrogen (secondary N) is 1. The fourth-order valence-corrected chi connectivity index (χ4v) is 1.84. The van der Waals surface area contributed by atoms with Crippen LogP contribution in [0.15, 0.2) is 6.07 Å². The molecule has 0 aromatic carbocycles. The maximum atomic E-state index is 13.3. The summed E-state index contributed by atoms with van der Waals surface area (Å²) in [5.74, 6) is -3.80.